The van der Waals surface area contributed by atoms with Gasteiger partial charge in [0.15, 0.2) is 6.29 Å². The van der Waals surface area contributed by atoms with Gasteiger partial charge in [-0.3, -0.25) is 0 Å². The van der Waals surface area contributed by atoms with E-state index < -0.39 is 6.29 Å². The monoisotopic (exact) mass is 208 g/mol. The van der Waals surface area contributed by atoms with Gasteiger partial charge >= 0.3 is 0 Å². The van der Waals surface area contributed by atoms with E-state index in [1.807, 2.05) is 31.2 Å². The molecule has 0 aliphatic heterocycles. The molecular weight excluding hydrogens is 192 g/mol. The molecule has 15 heavy (non-hydrogen) atoms. The molecule has 3 nitrogen and oxygen atoms in total. The Labute approximate surface area is 89.6 Å². The zero-order chi connectivity index (χ0) is 11.3. The molecule has 0 radical (unpaired) electrons. The summed E-state index contributed by atoms with van der Waals surface area (Å²) in [4.78, 5) is 0. The number of aliphatic hydroxyl groups excluding tert-OH is 1. The third kappa shape index (κ3) is 3.83. The Hall–Kier alpha value is -1.16. The number of benzene rings is 1. The van der Waals surface area contributed by atoms with Crippen LogP contribution in [0.2, 0.25) is 0 Å². The van der Waals surface area contributed by atoms with Crippen LogP contribution in [-0.4, -0.2) is 23.1 Å². The maximum absolute atomic E-state index is 8.65. The molecular formula is C12H16O3. The highest BCUT2D eigenvalue weighted by atomic mass is 16.5. The van der Waals surface area contributed by atoms with Gasteiger partial charge in [-0.15, -0.1) is 0 Å². The molecule has 0 amide bonds. The first kappa shape index (κ1) is 11.9. The fourth-order valence-electron chi connectivity index (χ4n) is 1.23. The van der Waals surface area contributed by atoms with Crippen molar-refractivity contribution < 1.29 is 14.9 Å². The van der Waals surface area contributed by atoms with Crippen LogP contribution >= 0.6 is 0 Å². The van der Waals surface area contributed by atoms with Crippen molar-refractivity contribution in [3.8, 4) is 0 Å². The topological polar surface area (TPSA) is 49.7 Å². The molecule has 2 N–H and O–H groups in total. The van der Waals surface area contributed by atoms with Crippen LogP contribution in [0.4, 0.5) is 0 Å². The van der Waals surface area contributed by atoms with Gasteiger partial charge in [0.05, 0.1) is 12.7 Å². The van der Waals surface area contributed by atoms with Gasteiger partial charge in [-0.05, 0) is 18.1 Å². The van der Waals surface area contributed by atoms with Crippen molar-refractivity contribution in [2.24, 2.45) is 0 Å². The van der Waals surface area contributed by atoms with Crippen LogP contribution in [-0.2, 0) is 4.74 Å². The summed E-state index contributed by atoms with van der Waals surface area (Å²) in [5.74, 6) is 0. The molecule has 1 atom stereocenters. The Kier molecular flexibility index (Phi) is 4.49. The van der Waals surface area contributed by atoms with Crippen molar-refractivity contribution in [1.29, 1.82) is 0 Å². The first-order valence-corrected chi connectivity index (χ1v) is 4.83. The van der Waals surface area contributed by atoms with Gasteiger partial charge in [-0.2, -0.15) is 0 Å². The van der Waals surface area contributed by atoms with Crippen LogP contribution in [0.15, 0.2) is 30.8 Å². The van der Waals surface area contributed by atoms with E-state index in [1.165, 1.54) is 0 Å². The Morgan fingerprint density at radius 1 is 1.33 bits per heavy atom. The molecule has 0 fully saturated rings. The average Bonchev–Trinajstić information content (AvgIpc) is 2.26. The van der Waals surface area contributed by atoms with Crippen molar-refractivity contribution >= 4 is 6.08 Å². The standard InChI is InChI=1S/C12H16O3/c1-3-10-4-6-11(7-5-10)9(2)15-8-12(13)14/h3-7,9,12-14H,1,8H2,2H3. The van der Waals surface area contributed by atoms with Gasteiger partial charge in [0, 0.05) is 0 Å². The summed E-state index contributed by atoms with van der Waals surface area (Å²) in [5.41, 5.74) is 2.05. The first-order chi connectivity index (χ1) is 7.13. The van der Waals surface area contributed by atoms with Crippen LogP contribution in [0.1, 0.15) is 24.2 Å². The third-order valence-electron chi connectivity index (χ3n) is 2.14. The van der Waals surface area contributed by atoms with Gasteiger partial charge < -0.3 is 14.9 Å². The number of rotatable bonds is 5. The predicted octanol–water partition coefficient (Wildman–Crippen LogP) is 1.72. The van der Waals surface area contributed by atoms with Crippen LogP contribution in [0.25, 0.3) is 6.08 Å². The highest BCUT2D eigenvalue weighted by Crippen LogP contribution is 2.17. The lowest BCUT2D eigenvalue weighted by molar-refractivity contribution is -0.110. The van der Waals surface area contributed by atoms with E-state index in [0.29, 0.717) is 0 Å². The molecule has 0 saturated carbocycles. The van der Waals surface area contributed by atoms with Crippen molar-refractivity contribution in [1.82, 2.24) is 0 Å². The van der Waals surface area contributed by atoms with E-state index in [4.69, 9.17) is 14.9 Å². The zero-order valence-electron chi connectivity index (χ0n) is 8.76. The predicted molar refractivity (Wildman–Crippen MR) is 59.1 cm³/mol. The van der Waals surface area contributed by atoms with Crippen molar-refractivity contribution in [3.05, 3.63) is 42.0 Å². The summed E-state index contributed by atoms with van der Waals surface area (Å²) in [5, 5.41) is 17.3. The van der Waals surface area contributed by atoms with Gasteiger partial charge in [-0.1, -0.05) is 36.9 Å². The minimum absolute atomic E-state index is 0.0790. The van der Waals surface area contributed by atoms with Crippen LogP contribution in [0.5, 0.6) is 0 Å². The molecule has 3 heteroatoms. The van der Waals surface area contributed by atoms with Gasteiger partial charge in [0.25, 0.3) is 0 Å². The number of ether oxygens (including phenoxy) is 1. The van der Waals surface area contributed by atoms with E-state index >= 15 is 0 Å². The molecule has 1 rings (SSSR count). The second-order valence-electron chi connectivity index (χ2n) is 3.33. The van der Waals surface area contributed by atoms with E-state index in [1.54, 1.807) is 6.08 Å². The zero-order valence-corrected chi connectivity index (χ0v) is 8.76. The van der Waals surface area contributed by atoms with Gasteiger partial charge in [0.1, 0.15) is 0 Å². The van der Waals surface area contributed by atoms with E-state index in [9.17, 15) is 0 Å². The minimum Gasteiger partial charge on any atom is -0.369 e. The molecule has 82 valence electrons. The molecule has 1 aromatic carbocycles. The molecule has 0 heterocycles. The Balaban J connectivity index is 2.57. The molecule has 0 aliphatic rings. The SMILES string of the molecule is C=Cc1ccc(C(C)OCC(O)O)cc1. The fourth-order valence-corrected chi connectivity index (χ4v) is 1.23. The minimum atomic E-state index is -1.42. The second kappa shape index (κ2) is 5.66. The first-order valence-electron chi connectivity index (χ1n) is 4.83. The Bertz CT molecular complexity index is 303. The lowest BCUT2D eigenvalue weighted by Gasteiger charge is -2.14. The Morgan fingerprint density at radius 3 is 2.40 bits per heavy atom. The summed E-state index contributed by atoms with van der Waals surface area (Å²) >= 11 is 0. The highest BCUT2D eigenvalue weighted by molar-refractivity contribution is 5.47. The highest BCUT2D eigenvalue weighted by Gasteiger charge is 2.07. The van der Waals surface area contributed by atoms with Crippen molar-refractivity contribution in [2.45, 2.75) is 19.3 Å². The smallest absolute Gasteiger partial charge is 0.175 e. The second-order valence-corrected chi connectivity index (χ2v) is 3.33. The van der Waals surface area contributed by atoms with E-state index in [2.05, 4.69) is 6.58 Å². The maximum atomic E-state index is 8.65. The maximum Gasteiger partial charge on any atom is 0.175 e. The number of hydrogen-bond donors (Lipinski definition) is 2. The third-order valence-corrected chi connectivity index (χ3v) is 2.14. The number of hydrogen-bond acceptors (Lipinski definition) is 3. The summed E-state index contributed by atoms with van der Waals surface area (Å²) < 4.78 is 5.24. The van der Waals surface area contributed by atoms with Crippen LogP contribution in [0, 0.1) is 0 Å². The molecule has 1 unspecified atom stereocenters. The molecule has 0 saturated heterocycles. The summed E-state index contributed by atoms with van der Waals surface area (Å²) in [6.45, 7) is 5.45. The van der Waals surface area contributed by atoms with Crippen molar-refractivity contribution in [2.75, 3.05) is 6.61 Å². The van der Waals surface area contributed by atoms with Crippen LogP contribution in [0.3, 0.4) is 0 Å². The largest absolute Gasteiger partial charge is 0.369 e. The van der Waals surface area contributed by atoms with E-state index in [-0.39, 0.29) is 12.7 Å². The fraction of sp³-hybridized carbons (Fsp3) is 0.333. The average molecular weight is 208 g/mol. The summed E-state index contributed by atoms with van der Waals surface area (Å²) in [6, 6.07) is 7.76. The summed E-state index contributed by atoms with van der Waals surface area (Å²) in [6.07, 6.45) is 0.206. The van der Waals surface area contributed by atoms with Gasteiger partial charge in [0.2, 0.25) is 0 Å². The lowest BCUT2D eigenvalue weighted by Crippen LogP contribution is -2.15. The summed E-state index contributed by atoms with van der Waals surface area (Å²) in [7, 11) is 0. The molecule has 0 spiro atoms. The van der Waals surface area contributed by atoms with Crippen LogP contribution < -0.4 is 0 Å². The Morgan fingerprint density at radius 2 is 1.93 bits per heavy atom. The quantitative estimate of drug-likeness (QED) is 0.724. The molecule has 0 aliphatic carbocycles. The van der Waals surface area contributed by atoms with Gasteiger partial charge in [-0.25, -0.2) is 0 Å². The molecule has 1 aromatic rings. The normalized spacial score (nSPS) is 12.8. The number of aliphatic hydroxyl groups is 2. The molecule has 0 aromatic heterocycles. The molecule has 0 bridgehead atoms. The van der Waals surface area contributed by atoms with E-state index in [0.717, 1.165) is 11.1 Å². The lowest BCUT2D eigenvalue weighted by atomic mass is 10.1. The van der Waals surface area contributed by atoms with Crippen molar-refractivity contribution in [3.63, 3.8) is 0 Å².